The first kappa shape index (κ1) is 16.6. The van der Waals surface area contributed by atoms with Crippen molar-refractivity contribution in [3.05, 3.63) is 23.8 Å². The third kappa shape index (κ3) is 4.90. The van der Waals surface area contributed by atoms with Crippen LogP contribution in [0.5, 0.6) is 5.75 Å². The van der Waals surface area contributed by atoms with Gasteiger partial charge in [-0.3, -0.25) is 5.32 Å². The molecule has 1 aromatic carbocycles. The molecule has 0 saturated carbocycles. The number of anilines is 1. The number of carbonyl (C=O) groups is 1. The van der Waals surface area contributed by atoms with Gasteiger partial charge < -0.3 is 14.6 Å². The first-order valence-corrected chi connectivity index (χ1v) is 6.72. The molecule has 0 fully saturated rings. The summed E-state index contributed by atoms with van der Waals surface area (Å²) in [5.41, 5.74) is 0.505. The molecule has 6 heteroatoms. The first-order chi connectivity index (χ1) is 9.26. The number of amides is 1. The number of hydrogen-bond donors (Lipinski definition) is 2. The SMILES string of the molecule is COc1cc(C(O)CCl)ccc1NC(=O)OC(C)(C)C. The van der Waals surface area contributed by atoms with Gasteiger partial charge in [0.2, 0.25) is 0 Å². The van der Waals surface area contributed by atoms with E-state index in [9.17, 15) is 9.90 Å². The summed E-state index contributed by atoms with van der Waals surface area (Å²) in [6.07, 6.45) is -1.34. The fourth-order valence-electron chi connectivity index (χ4n) is 1.52. The number of aliphatic hydroxyl groups excluding tert-OH is 1. The zero-order valence-corrected chi connectivity index (χ0v) is 12.8. The molecule has 1 aromatic rings. The lowest BCUT2D eigenvalue weighted by atomic mass is 10.1. The van der Waals surface area contributed by atoms with E-state index in [1.807, 2.05) is 0 Å². The van der Waals surface area contributed by atoms with Crippen LogP contribution in [-0.2, 0) is 4.74 Å². The predicted octanol–water partition coefficient (Wildman–Crippen LogP) is 3.31. The van der Waals surface area contributed by atoms with Gasteiger partial charge in [-0.05, 0) is 38.5 Å². The Morgan fingerprint density at radius 3 is 2.60 bits per heavy atom. The van der Waals surface area contributed by atoms with Gasteiger partial charge in [0.1, 0.15) is 11.4 Å². The van der Waals surface area contributed by atoms with Crippen molar-refractivity contribution in [1.82, 2.24) is 0 Å². The van der Waals surface area contributed by atoms with E-state index >= 15 is 0 Å². The standard InChI is InChI=1S/C14H20ClNO4/c1-14(2,3)20-13(18)16-10-6-5-9(11(17)8-15)7-12(10)19-4/h5-7,11,17H,8H2,1-4H3,(H,16,18). The van der Waals surface area contributed by atoms with E-state index in [1.54, 1.807) is 39.0 Å². The van der Waals surface area contributed by atoms with Crippen molar-refractivity contribution >= 4 is 23.4 Å². The molecule has 0 heterocycles. The summed E-state index contributed by atoms with van der Waals surface area (Å²) in [5.74, 6) is 0.514. The van der Waals surface area contributed by atoms with Crippen molar-refractivity contribution in [1.29, 1.82) is 0 Å². The van der Waals surface area contributed by atoms with E-state index in [1.165, 1.54) is 7.11 Å². The number of aliphatic hydroxyl groups is 1. The van der Waals surface area contributed by atoms with Gasteiger partial charge in [0.25, 0.3) is 0 Å². The largest absolute Gasteiger partial charge is 0.495 e. The summed E-state index contributed by atoms with van der Waals surface area (Å²) < 4.78 is 10.4. The molecule has 5 nitrogen and oxygen atoms in total. The van der Waals surface area contributed by atoms with E-state index in [4.69, 9.17) is 21.1 Å². The maximum absolute atomic E-state index is 11.7. The molecule has 1 rings (SSSR count). The maximum atomic E-state index is 11.7. The van der Waals surface area contributed by atoms with Crippen LogP contribution in [0.25, 0.3) is 0 Å². The molecule has 0 saturated heterocycles. The monoisotopic (exact) mass is 301 g/mol. The van der Waals surface area contributed by atoms with E-state index in [2.05, 4.69) is 5.32 Å². The van der Waals surface area contributed by atoms with Gasteiger partial charge in [-0.1, -0.05) is 6.07 Å². The van der Waals surface area contributed by atoms with Crippen LogP contribution in [0.15, 0.2) is 18.2 Å². The molecule has 0 aliphatic carbocycles. The van der Waals surface area contributed by atoms with Gasteiger partial charge in [0.15, 0.2) is 0 Å². The minimum absolute atomic E-state index is 0.0853. The van der Waals surface area contributed by atoms with E-state index in [0.717, 1.165) is 0 Å². The molecule has 0 aliphatic rings. The van der Waals surface area contributed by atoms with Crippen LogP contribution >= 0.6 is 11.6 Å². The minimum atomic E-state index is -0.777. The second-order valence-corrected chi connectivity index (χ2v) is 5.57. The summed E-state index contributed by atoms with van der Waals surface area (Å²) >= 11 is 5.60. The van der Waals surface area contributed by atoms with Gasteiger partial charge in [0.05, 0.1) is 24.8 Å². The van der Waals surface area contributed by atoms with Crippen molar-refractivity contribution in [3.63, 3.8) is 0 Å². The number of halogens is 1. The van der Waals surface area contributed by atoms with E-state index < -0.39 is 17.8 Å². The number of nitrogens with one attached hydrogen (secondary N) is 1. The van der Waals surface area contributed by atoms with Crippen molar-refractivity contribution in [2.75, 3.05) is 18.3 Å². The number of ether oxygens (including phenoxy) is 2. The van der Waals surface area contributed by atoms with Gasteiger partial charge in [-0.15, -0.1) is 11.6 Å². The van der Waals surface area contributed by atoms with Crippen LogP contribution in [0.4, 0.5) is 10.5 Å². The van der Waals surface area contributed by atoms with E-state index in [-0.39, 0.29) is 5.88 Å². The van der Waals surface area contributed by atoms with Gasteiger partial charge >= 0.3 is 6.09 Å². The molecule has 0 radical (unpaired) electrons. The van der Waals surface area contributed by atoms with Crippen molar-refractivity contribution in [3.8, 4) is 5.75 Å². The lowest BCUT2D eigenvalue weighted by Crippen LogP contribution is -2.27. The molecular formula is C14H20ClNO4. The molecule has 0 aromatic heterocycles. The lowest BCUT2D eigenvalue weighted by molar-refractivity contribution is 0.0635. The maximum Gasteiger partial charge on any atom is 0.412 e. The Bertz CT molecular complexity index is 471. The van der Waals surface area contributed by atoms with Crippen LogP contribution in [0.3, 0.4) is 0 Å². The Kier molecular flexibility index (Phi) is 5.65. The van der Waals surface area contributed by atoms with Crippen molar-refractivity contribution < 1.29 is 19.4 Å². The van der Waals surface area contributed by atoms with Crippen LogP contribution in [0, 0.1) is 0 Å². The zero-order valence-electron chi connectivity index (χ0n) is 12.1. The molecule has 0 spiro atoms. The Balaban J connectivity index is 2.88. The highest BCUT2D eigenvalue weighted by atomic mass is 35.5. The van der Waals surface area contributed by atoms with Crippen LogP contribution < -0.4 is 10.1 Å². The highest BCUT2D eigenvalue weighted by Crippen LogP contribution is 2.29. The van der Waals surface area contributed by atoms with Gasteiger partial charge in [-0.25, -0.2) is 4.79 Å². The quantitative estimate of drug-likeness (QED) is 0.837. The lowest BCUT2D eigenvalue weighted by Gasteiger charge is -2.20. The average Bonchev–Trinajstić information content (AvgIpc) is 2.36. The molecule has 1 unspecified atom stereocenters. The number of carbonyl (C=O) groups excluding carboxylic acids is 1. The predicted molar refractivity (Wildman–Crippen MR) is 78.5 cm³/mol. The number of alkyl halides is 1. The Labute approximate surface area is 123 Å². The molecule has 1 amide bonds. The summed E-state index contributed by atoms with van der Waals surface area (Å²) in [6, 6.07) is 4.93. The third-order valence-corrected chi connectivity index (χ3v) is 2.68. The minimum Gasteiger partial charge on any atom is -0.495 e. The highest BCUT2D eigenvalue weighted by molar-refractivity contribution is 6.18. The molecule has 20 heavy (non-hydrogen) atoms. The van der Waals surface area contributed by atoms with Crippen LogP contribution in [0.2, 0.25) is 0 Å². The van der Waals surface area contributed by atoms with Crippen molar-refractivity contribution in [2.24, 2.45) is 0 Å². The topological polar surface area (TPSA) is 67.8 Å². The first-order valence-electron chi connectivity index (χ1n) is 6.19. The highest BCUT2D eigenvalue weighted by Gasteiger charge is 2.18. The third-order valence-electron chi connectivity index (χ3n) is 2.39. The normalized spacial score (nSPS) is 12.7. The number of hydrogen-bond acceptors (Lipinski definition) is 4. The Hall–Kier alpha value is -1.46. The second kappa shape index (κ2) is 6.81. The molecule has 112 valence electrons. The molecule has 2 N–H and O–H groups in total. The summed E-state index contributed by atoms with van der Waals surface area (Å²) in [5, 5.41) is 12.3. The van der Waals surface area contributed by atoms with Gasteiger partial charge in [0, 0.05) is 0 Å². The van der Waals surface area contributed by atoms with Crippen molar-refractivity contribution in [2.45, 2.75) is 32.5 Å². The number of benzene rings is 1. The summed E-state index contributed by atoms with van der Waals surface area (Å²) in [4.78, 5) is 11.7. The molecule has 0 bridgehead atoms. The van der Waals surface area contributed by atoms with Crippen LogP contribution in [0.1, 0.15) is 32.4 Å². The Morgan fingerprint density at radius 1 is 1.45 bits per heavy atom. The second-order valence-electron chi connectivity index (χ2n) is 5.26. The molecular weight excluding hydrogens is 282 g/mol. The summed E-state index contributed by atoms with van der Waals surface area (Å²) in [7, 11) is 1.48. The number of methoxy groups -OCH3 is 1. The molecule has 0 aliphatic heterocycles. The Morgan fingerprint density at radius 2 is 2.10 bits per heavy atom. The zero-order chi connectivity index (χ0) is 15.3. The fourth-order valence-corrected chi connectivity index (χ4v) is 1.70. The van der Waals surface area contributed by atoms with Crippen LogP contribution in [-0.4, -0.2) is 29.8 Å². The van der Waals surface area contributed by atoms with Gasteiger partial charge in [-0.2, -0.15) is 0 Å². The van der Waals surface area contributed by atoms with E-state index in [0.29, 0.717) is 17.0 Å². The average molecular weight is 302 g/mol. The summed E-state index contributed by atoms with van der Waals surface area (Å²) in [6.45, 7) is 5.34. The number of rotatable bonds is 4. The molecule has 1 atom stereocenters. The fraction of sp³-hybridized carbons (Fsp3) is 0.500. The smallest absolute Gasteiger partial charge is 0.412 e.